The first-order chi connectivity index (χ1) is 14.4. The highest BCUT2D eigenvalue weighted by molar-refractivity contribution is 7.89. The van der Waals surface area contributed by atoms with Crippen LogP contribution < -0.4 is 10.6 Å². The number of anilines is 1. The van der Waals surface area contributed by atoms with Crippen molar-refractivity contribution in [3.63, 3.8) is 0 Å². The number of piperidine rings is 1. The van der Waals surface area contributed by atoms with Crippen molar-refractivity contribution in [2.24, 2.45) is 0 Å². The lowest BCUT2D eigenvalue weighted by molar-refractivity contribution is 0.0952. The number of amides is 2. The predicted octanol–water partition coefficient (Wildman–Crippen LogP) is 3.46. The van der Waals surface area contributed by atoms with Crippen LogP contribution in [0.25, 0.3) is 0 Å². The predicted molar refractivity (Wildman–Crippen MR) is 116 cm³/mol. The van der Waals surface area contributed by atoms with Gasteiger partial charge in [-0.2, -0.15) is 4.31 Å². The van der Waals surface area contributed by atoms with Crippen molar-refractivity contribution in [2.75, 3.05) is 11.9 Å². The third-order valence-electron chi connectivity index (χ3n) is 5.49. The van der Waals surface area contributed by atoms with E-state index in [1.807, 2.05) is 6.92 Å². The summed E-state index contributed by atoms with van der Waals surface area (Å²) in [6.07, 6.45) is 4.66. The zero-order valence-corrected chi connectivity index (χ0v) is 18.4. The van der Waals surface area contributed by atoms with Crippen LogP contribution in [-0.2, 0) is 10.0 Å². The first-order valence-corrected chi connectivity index (χ1v) is 12.5. The van der Waals surface area contributed by atoms with Crippen LogP contribution in [0.5, 0.6) is 0 Å². The van der Waals surface area contributed by atoms with Crippen molar-refractivity contribution in [1.29, 1.82) is 0 Å². The summed E-state index contributed by atoms with van der Waals surface area (Å²) in [5.74, 6) is -0.647. The molecule has 0 radical (unpaired) electrons. The molecule has 9 heteroatoms. The second kappa shape index (κ2) is 8.49. The molecule has 1 aromatic carbocycles. The van der Waals surface area contributed by atoms with Gasteiger partial charge in [0, 0.05) is 24.2 Å². The molecule has 2 aromatic rings. The van der Waals surface area contributed by atoms with Crippen LogP contribution in [0, 0.1) is 0 Å². The van der Waals surface area contributed by atoms with E-state index in [9.17, 15) is 18.0 Å². The van der Waals surface area contributed by atoms with Crippen molar-refractivity contribution < 1.29 is 18.0 Å². The summed E-state index contributed by atoms with van der Waals surface area (Å²) in [5.41, 5.74) is 0.661. The molecular formula is C21H25N3O4S2. The Labute approximate surface area is 180 Å². The van der Waals surface area contributed by atoms with E-state index in [1.54, 1.807) is 23.6 Å². The Balaban J connectivity index is 1.52. The van der Waals surface area contributed by atoms with Crippen LogP contribution in [0.15, 0.2) is 40.6 Å². The van der Waals surface area contributed by atoms with Gasteiger partial charge < -0.3 is 10.6 Å². The number of benzene rings is 1. The summed E-state index contributed by atoms with van der Waals surface area (Å²) in [4.78, 5) is 25.3. The molecule has 4 rings (SSSR count). The van der Waals surface area contributed by atoms with Gasteiger partial charge in [-0.1, -0.05) is 12.5 Å². The topological polar surface area (TPSA) is 95.6 Å². The van der Waals surface area contributed by atoms with E-state index in [1.165, 1.54) is 27.8 Å². The molecule has 0 bridgehead atoms. The van der Waals surface area contributed by atoms with Crippen LogP contribution in [0.1, 0.15) is 59.7 Å². The third-order valence-corrected chi connectivity index (χ3v) is 8.33. The second-order valence-electron chi connectivity index (χ2n) is 7.85. The molecule has 2 aliphatic rings. The monoisotopic (exact) mass is 447 g/mol. The number of carbonyl (C=O) groups excluding carboxylic acids is 2. The third kappa shape index (κ3) is 4.43. The summed E-state index contributed by atoms with van der Waals surface area (Å²) in [6.45, 7) is 2.41. The molecule has 1 saturated heterocycles. The van der Waals surface area contributed by atoms with Crippen molar-refractivity contribution in [3.8, 4) is 0 Å². The summed E-state index contributed by atoms with van der Waals surface area (Å²) in [5, 5.41) is 7.87. The average molecular weight is 448 g/mol. The van der Waals surface area contributed by atoms with Gasteiger partial charge >= 0.3 is 0 Å². The van der Waals surface area contributed by atoms with Crippen LogP contribution in [0.2, 0.25) is 0 Å². The number of nitrogens with zero attached hydrogens (tertiary/aromatic N) is 1. The van der Waals surface area contributed by atoms with Gasteiger partial charge in [0.15, 0.2) is 0 Å². The minimum absolute atomic E-state index is 0.0557. The number of rotatable bonds is 6. The summed E-state index contributed by atoms with van der Waals surface area (Å²) in [7, 11) is -3.67. The van der Waals surface area contributed by atoms with Crippen molar-refractivity contribution in [3.05, 3.63) is 46.8 Å². The first-order valence-electron chi connectivity index (χ1n) is 10.2. The van der Waals surface area contributed by atoms with Crippen LogP contribution in [-0.4, -0.2) is 43.2 Å². The highest BCUT2D eigenvalue weighted by Gasteiger charge is 2.31. The highest BCUT2D eigenvalue weighted by Crippen LogP contribution is 2.28. The molecule has 7 nitrogen and oxygen atoms in total. The molecule has 30 heavy (non-hydrogen) atoms. The largest absolute Gasteiger partial charge is 0.349 e. The lowest BCUT2D eigenvalue weighted by Crippen LogP contribution is -2.41. The van der Waals surface area contributed by atoms with Gasteiger partial charge in [0.25, 0.3) is 11.8 Å². The van der Waals surface area contributed by atoms with Gasteiger partial charge in [0.2, 0.25) is 10.0 Å². The van der Waals surface area contributed by atoms with E-state index in [4.69, 9.17) is 0 Å². The van der Waals surface area contributed by atoms with Crippen molar-refractivity contribution in [2.45, 2.75) is 56.0 Å². The zero-order valence-electron chi connectivity index (χ0n) is 16.8. The maximum Gasteiger partial charge on any atom is 0.256 e. The second-order valence-corrected chi connectivity index (χ2v) is 10.7. The Hall–Kier alpha value is -2.23. The number of carbonyl (C=O) groups is 2. The lowest BCUT2D eigenvalue weighted by Gasteiger charge is -2.32. The zero-order chi connectivity index (χ0) is 21.3. The van der Waals surface area contributed by atoms with E-state index in [0.717, 1.165) is 32.1 Å². The van der Waals surface area contributed by atoms with Gasteiger partial charge in [-0.3, -0.25) is 9.59 Å². The Morgan fingerprint density at radius 2 is 1.90 bits per heavy atom. The lowest BCUT2D eigenvalue weighted by atomic mass is 10.1. The minimum Gasteiger partial charge on any atom is -0.349 e. The van der Waals surface area contributed by atoms with Gasteiger partial charge in [-0.25, -0.2) is 8.42 Å². The molecule has 2 heterocycles. The number of hydrogen-bond acceptors (Lipinski definition) is 5. The number of hydrogen-bond donors (Lipinski definition) is 2. The molecule has 2 N–H and O–H groups in total. The molecule has 1 aliphatic heterocycles. The molecular weight excluding hydrogens is 422 g/mol. The van der Waals surface area contributed by atoms with Gasteiger partial charge in [0.1, 0.15) is 5.00 Å². The van der Waals surface area contributed by atoms with E-state index in [-0.39, 0.29) is 28.4 Å². The number of sulfonamides is 1. The molecule has 0 spiro atoms. The fourth-order valence-corrected chi connectivity index (χ4v) is 6.14. The summed E-state index contributed by atoms with van der Waals surface area (Å²) < 4.78 is 27.7. The Morgan fingerprint density at radius 3 is 2.63 bits per heavy atom. The maximum atomic E-state index is 13.1. The minimum atomic E-state index is -3.67. The van der Waals surface area contributed by atoms with Crippen LogP contribution >= 0.6 is 11.3 Å². The van der Waals surface area contributed by atoms with Gasteiger partial charge in [-0.05, 0) is 62.3 Å². The molecule has 160 valence electrons. The number of thiophene rings is 1. The molecule has 1 saturated carbocycles. The Kier molecular flexibility index (Phi) is 5.95. The molecule has 2 amide bonds. The van der Waals surface area contributed by atoms with E-state index in [0.29, 0.717) is 17.1 Å². The SMILES string of the molecule is CC1CCCCN1S(=O)(=O)c1cccc(C(=O)Nc2sccc2C(=O)NC2CC2)c1. The number of nitrogens with one attached hydrogen (secondary N) is 2. The van der Waals surface area contributed by atoms with Crippen LogP contribution in [0.4, 0.5) is 5.00 Å². The van der Waals surface area contributed by atoms with Crippen molar-refractivity contribution in [1.82, 2.24) is 9.62 Å². The van der Waals surface area contributed by atoms with E-state index >= 15 is 0 Å². The first kappa shape index (κ1) is 21.0. The Morgan fingerprint density at radius 1 is 1.10 bits per heavy atom. The fraction of sp³-hybridized carbons (Fsp3) is 0.429. The van der Waals surface area contributed by atoms with Gasteiger partial charge in [0.05, 0.1) is 10.5 Å². The summed E-state index contributed by atoms with van der Waals surface area (Å²) >= 11 is 1.26. The molecule has 2 fully saturated rings. The highest BCUT2D eigenvalue weighted by atomic mass is 32.2. The van der Waals surface area contributed by atoms with Crippen molar-refractivity contribution >= 4 is 38.2 Å². The van der Waals surface area contributed by atoms with E-state index in [2.05, 4.69) is 10.6 Å². The van der Waals surface area contributed by atoms with Crippen LogP contribution in [0.3, 0.4) is 0 Å². The average Bonchev–Trinajstić information content (AvgIpc) is 3.42. The Bertz CT molecular complexity index is 1060. The fourth-order valence-electron chi connectivity index (χ4n) is 3.61. The molecule has 1 aliphatic carbocycles. The maximum absolute atomic E-state index is 13.1. The van der Waals surface area contributed by atoms with E-state index < -0.39 is 15.9 Å². The standard InChI is InChI=1S/C21H25N3O4S2/c1-14-5-2-3-11-24(14)30(27,28)17-7-4-6-15(13-17)19(25)23-21-18(10-12-29-21)20(26)22-16-8-9-16/h4,6-7,10,12-14,16H,2-3,5,8-9,11H2,1H3,(H,22,26)(H,23,25). The normalized spacial score (nSPS) is 20.0. The van der Waals surface area contributed by atoms with Gasteiger partial charge in [-0.15, -0.1) is 11.3 Å². The smallest absolute Gasteiger partial charge is 0.256 e. The summed E-state index contributed by atoms with van der Waals surface area (Å²) in [6, 6.07) is 7.92. The molecule has 1 unspecified atom stereocenters. The molecule has 1 atom stereocenters. The quantitative estimate of drug-likeness (QED) is 0.709. The molecule has 1 aromatic heterocycles.